The molecule has 0 spiro atoms. The molecule has 0 saturated heterocycles. The molecule has 0 aromatic heterocycles. The van der Waals surface area contributed by atoms with Crippen molar-refractivity contribution in [3.8, 4) is 0 Å². The third kappa shape index (κ3) is 3.46. The number of halogens is 4. The van der Waals surface area contributed by atoms with Crippen LogP contribution in [-0.4, -0.2) is 6.21 Å². The molecule has 0 atom stereocenters. The summed E-state index contributed by atoms with van der Waals surface area (Å²) < 4.78 is 0. The van der Waals surface area contributed by atoms with Gasteiger partial charge in [0.1, 0.15) is 0 Å². The number of nitrogens with one attached hydrogen (secondary N) is 1. The first kappa shape index (κ1) is 18.4. The Hall–Kier alpha value is -1.97. The minimum absolute atomic E-state index is 0.399. The van der Waals surface area contributed by atoms with Crippen molar-refractivity contribution in [2.75, 3.05) is 5.43 Å². The summed E-state index contributed by atoms with van der Waals surface area (Å²) in [6.45, 7) is 0. The SMILES string of the molecule is Clc1cc(Cl)c(NN=Cc2c3ccccc3c(Cl)c3ccccc23)c(Cl)c1. The number of hydrogen-bond donors (Lipinski definition) is 1. The number of rotatable bonds is 3. The maximum atomic E-state index is 6.63. The summed E-state index contributed by atoms with van der Waals surface area (Å²) in [6.07, 6.45) is 1.75. The highest BCUT2D eigenvalue weighted by atomic mass is 35.5. The average Bonchev–Trinajstić information content (AvgIpc) is 2.66. The van der Waals surface area contributed by atoms with E-state index in [1.165, 1.54) is 0 Å². The molecule has 0 bridgehead atoms. The molecule has 4 aromatic carbocycles. The lowest BCUT2D eigenvalue weighted by Gasteiger charge is -2.11. The van der Waals surface area contributed by atoms with Crippen LogP contribution in [-0.2, 0) is 0 Å². The number of hydrazone groups is 1. The Bertz CT molecular complexity index is 1120. The molecule has 0 saturated carbocycles. The molecule has 0 aliphatic rings. The van der Waals surface area contributed by atoms with Crippen LogP contribution < -0.4 is 5.43 Å². The average molecular weight is 434 g/mol. The fourth-order valence-corrected chi connectivity index (χ4v) is 4.29. The normalized spacial score (nSPS) is 11.6. The van der Waals surface area contributed by atoms with E-state index in [0.717, 1.165) is 32.1 Å². The first-order valence-corrected chi connectivity index (χ1v) is 9.60. The Labute approximate surface area is 176 Å². The van der Waals surface area contributed by atoms with Crippen molar-refractivity contribution >= 4 is 79.9 Å². The second-order valence-electron chi connectivity index (χ2n) is 5.93. The van der Waals surface area contributed by atoms with Gasteiger partial charge in [0.15, 0.2) is 0 Å². The van der Waals surface area contributed by atoms with Crippen molar-refractivity contribution in [1.29, 1.82) is 0 Å². The van der Waals surface area contributed by atoms with Crippen LogP contribution in [0, 0.1) is 0 Å². The molecule has 4 aromatic rings. The molecule has 0 aliphatic heterocycles. The molecule has 4 rings (SSSR count). The van der Waals surface area contributed by atoms with Gasteiger partial charge >= 0.3 is 0 Å². The third-order valence-electron chi connectivity index (χ3n) is 4.28. The van der Waals surface area contributed by atoms with Crippen molar-refractivity contribution in [1.82, 2.24) is 0 Å². The number of hydrogen-bond acceptors (Lipinski definition) is 2. The van der Waals surface area contributed by atoms with Gasteiger partial charge in [-0.1, -0.05) is 94.9 Å². The molecule has 0 fully saturated rings. The van der Waals surface area contributed by atoms with Gasteiger partial charge in [-0.15, -0.1) is 0 Å². The largest absolute Gasteiger partial charge is 0.275 e. The van der Waals surface area contributed by atoms with E-state index in [4.69, 9.17) is 46.4 Å². The van der Waals surface area contributed by atoms with Crippen molar-refractivity contribution < 1.29 is 0 Å². The predicted octanol–water partition coefficient (Wildman–Crippen LogP) is 8.05. The number of anilines is 1. The highest BCUT2D eigenvalue weighted by Crippen LogP contribution is 2.36. The van der Waals surface area contributed by atoms with Crippen LogP contribution in [0.25, 0.3) is 21.5 Å². The fourth-order valence-electron chi connectivity index (χ4n) is 3.06. The summed E-state index contributed by atoms with van der Waals surface area (Å²) in [6, 6.07) is 19.2. The van der Waals surface area contributed by atoms with Crippen LogP contribution in [0.2, 0.25) is 20.1 Å². The molecule has 27 heavy (non-hydrogen) atoms. The summed E-state index contributed by atoms with van der Waals surface area (Å²) in [5.74, 6) is 0. The molecular weight excluding hydrogens is 422 g/mol. The first-order chi connectivity index (χ1) is 13.1. The van der Waals surface area contributed by atoms with Crippen LogP contribution in [0.3, 0.4) is 0 Å². The summed E-state index contributed by atoms with van der Waals surface area (Å²) in [5.41, 5.74) is 4.37. The molecule has 1 N–H and O–H groups in total. The molecule has 0 radical (unpaired) electrons. The molecule has 6 heteroatoms. The Morgan fingerprint density at radius 3 is 1.70 bits per heavy atom. The van der Waals surface area contributed by atoms with E-state index in [-0.39, 0.29) is 0 Å². The molecule has 2 nitrogen and oxygen atoms in total. The van der Waals surface area contributed by atoms with Gasteiger partial charge in [-0.05, 0) is 22.9 Å². The minimum atomic E-state index is 0.399. The molecule has 0 heterocycles. The fraction of sp³-hybridized carbons (Fsp3) is 0. The summed E-state index contributed by atoms with van der Waals surface area (Å²) in [7, 11) is 0. The zero-order valence-electron chi connectivity index (χ0n) is 13.8. The van der Waals surface area contributed by atoms with E-state index in [1.807, 2.05) is 48.5 Å². The maximum Gasteiger partial charge on any atom is 0.0935 e. The Morgan fingerprint density at radius 2 is 1.19 bits per heavy atom. The zero-order valence-corrected chi connectivity index (χ0v) is 16.8. The summed E-state index contributed by atoms with van der Waals surface area (Å²) in [4.78, 5) is 0. The summed E-state index contributed by atoms with van der Waals surface area (Å²) >= 11 is 25.0. The Kier molecular flexibility index (Phi) is 5.16. The number of benzene rings is 4. The van der Waals surface area contributed by atoms with Crippen LogP contribution in [0.5, 0.6) is 0 Å². The highest BCUT2D eigenvalue weighted by molar-refractivity contribution is 6.42. The predicted molar refractivity (Wildman–Crippen MR) is 119 cm³/mol. The van der Waals surface area contributed by atoms with E-state index in [0.29, 0.717) is 20.8 Å². The van der Waals surface area contributed by atoms with Crippen LogP contribution in [0.4, 0.5) is 5.69 Å². The van der Waals surface area contributed by atoms with Gasteiger partial charge in [0.2, 0.25) is 0 Å². The monoisotopic (exact) mass is 432 g/mol. The third-order valence-corrected chi connectivity index (χ3v) is 5.51. The molecule has 0 unspecified atom stereocenters. The second kappa shape index (κ2) is 7.57. The summed E-state index contributed by atoms with van der Waals surface area (Å²) in [5, 5.41) is 10.3. The van der Waals surface area contributed by atoms with Crippen molar-refractivity contribution in [3.05, 3.63) is 86.3 Å². The maximum absolute atomic E-state index is 6.63. The zero-order chi connectivity index (χ0) is 19.0. The smallest absolute Gasteiger partial charge is 0.0935 e. The van der Waals surface area contributed by atoms with Gasteiger partial charge < -0.3 is 0 Å². The quantitative estimate of drug-likeness (QED) is 0.197. The molecule has 0 amide bonds. The van der Waals surface area contributed by atoms with Crippen molar-refractivity contribution in [3.63, 3.8) is 0 Å². The Morgan fingerprint density at radius 1 is 0.704 bits per heavy atom. The van der Waals surface area contributed by atoms with Crippen LogP contribution in [0.1, 0.15) is 5.56 Å². The van der Waals surface area contributed by atoms with Crippen LogP contribution >= 0.6 is 46.4 Å². The lowest BCUT2D eigenvalue weighted by Crippen LogP contribution is -1.95. The standard InChI is InChI=1S/C21H12Cl4N2/c22-12-9-18(23)21(19(24)10-12)27-26-11-17-13-5-1-3-7-15(13)20(25)16-8-4-2-6-14(16)17/h1-11,27H. The van der Waals surface area contributed by atoms with Crippen molar-refractivity contribution in [2.45, 2.75) is 0 Å². The molecular formula is C21H12Cl4N2. The van der Waals surface area contributed by atoms with E-state index in [2.05, 4.69) is 10.5 Å². The lowest BCUT2D eigenvalue weighted by molar-refractivity contribution is 1.35. The van der Waals surface area contributed by atoms with Crippen LogP contribution in [0.15, 0.2) is 65.8 Å². The topological polar surface area (TPSA) is 24.4 Å². The van der Waals surface area contributed by atoms with E-state index in [9.17, 15) is 0 Å². The van der Waals surface area contributed by atoms with E-state index >= 15 is 0 Å². The second-order valence-corrected chi connectivity index (χ2v) is 7.56. The van der Waals surface area contributed by atoms with Crippen molar-refractivity contribution in [2.24, 2.45) is 5.10 Å². The minimum Gasteiger partial charge on any atom is -0.275 e. The van der Waals surface area contributed by atoms with E-state index < -0.39 is 0 Å². The highest BCUT2D eigenvalue weighted by Gasteiger charge is 2.11. The van der Waals surface area contributed by atoms with Gasteiger partial charge in [-0.3, -0.25) is 5.43 Å². The molecule has 0 aliphatic carbocycles. The first-order valence-electron chi connectivity index (χ1n) is 8.09. The van der Waals surface area contributed by atoms with Gasteiger partial charge in [0.05, 0.1) is 27.0 Å². The number of fused-ring (bicyclic) bond motifs is 2. The number of nitrogens with zero attached hydrogens (tertiary/aromatic N) is 1. The van der Waals surface area contributed by atoms with Gasteiger partial charge in [0, 0.05) is 21.4 Å². The van der Waals surface area contributed by atoms with E-state index in [1.54, 1.807) is 18.3 Å². The lowest BCUT2D eigenvalue weighted by atomic mass is 9.97. The van der Waals surface area contributed by atoms with Gasteiger partial charge in [-0.2, -0.15) is 5.10 Å². The Balaban J connectivity index is 1.84. The van der Waals surface area contributed by atoms with Gasteiger partial charge in [-0.25, -0.2) is 0 Å². The molecule has 134 valence electrons. The van der Waals surface area contributed by atoms with Gasteiger partial charge in [0.25, 0.3) is 0 Å².